The summed E-state index contributed by atoms with van der Waals surface area (Å²) in [5.74, 6) is -0.452. The lowest BCUT2D eigenvalue weighted by molar-refractivity contribution is 0.0729. The quantitative estimate of drug-likeness (QED) is 0.338. The van der Waals surface area contributed by atoms with E-state index in [4.69, 9.17) is 14.2 Å². The van der Waals surface area contributed by atoms with Gasteiger partial charge in [0.1, 0.15) is 23.1 Å². The minimum absolute atomic E-state index is 0.150. The van der Waals surface area contributed by atoms with Gasteiger partial charge in [-0.2, -0.15) is 0 Å². The highest BCUT2D eigenvalue weighted by molar-refractivity contribution is 6.14. The van der Waals surface area contributed by atoms with Crippen molar-refractivity contribution >= 4 is 17.8 Å². The molecule has 6 heteroatoms. The standard InChI is InChI=1S/C24H17FO5/c1-2-28-16-9-7-15(8-10-16)13-22-23(26)19-12-11-17(14-21(19)30-22)29-24(27)18-5-3-4-6-20(18)25/h3-14H,2H2,1H3/b22-13-. The van der Waals surface area contributed by atoms with Crippen molar-refractivity contribution in [1.82, 2.24) is 0 Å². The lowest BCUT2D eigenvalue weighted by atomic mass is 10.1. The molecule has 4 rings (SSSR count). The molecule has 0 saturated heterocycles. The topological polar surface area (TPSA) is 61.8 Å². The van der Waals surface area contributed by atoms with E-state index in [1.165, 1.54) is 36.4 Å². The third kappa shape index (κ3) is 3.93. The Morgan fingerprint density at radius 1 is 1.03 bits per heavy atom. The van der Waals surface area contributed by atoms with E-state index in [2.05, 4.69) is 0 Å². The normalized spacial score (nSPS) is 13.7. The molecule has 0 fully saturated rings. The summed E-state index contributed by atoms with van der Waals surface area (Å²) in [5, 5.41) is 0. The average molecular weight is 404 g/mol. The van der Waals surface area contributed by atoms with Crippen molar-refractivity contribution in [2.75, 3.05) is 6.61 Å². The molecule has 1 aliphatic heterocycles. The number of halogens is 1. The molecule has 5 nitrogen and oxygen atoms in total. The minimum atomic E-state index is -0.831. The van der Waals surface area contributed by atoms with Crippen molar-refractivity contribution < 1.29 is 28.2 Å². The molecule has 0 saturated carbocycles. The van der Waals surface area contributed by atoms with E-state index in [0.29, 0.717) is 12.2 Å². The fourth-order valence-electron chi connectivity index (χ4n) is 3.00. The zero-order chi connectivity index (χ0) is 21.1. The van der Waals surface area contributed by atoms with Crippen molar-refractivity contribution in [1.29, 1.82) is 0 Å². The predicted octanol–water partition coefficient (Wildman–Crippen LogP) is 5.06. The van der Waals surface area contributed by atoms with Gasteiger partial charge in [0.25, 0.3) is 0 Å². The van der Waals surface area contributed by atoms with Crippen LogP contribution in [0.5, 0.6) is 17.2 Å². The molecular weight excluding hydrogens is 387 g/mol. The Morgan fingerprint density at radius 3 is 2.50 bits per heavy atom. The fourth-order valence-corrected chi connectivity index (χ4v) is 3.00. The number of benzene rings is 3. The summed E-state index contributed by atoms with van der Waals surface area (Å²) in [7, 11) is 0. The number of ketones is 1. The monoisotopic (exact) mass is 404 g/mol. The van der Waals surface area contributed by atoms with Gasteiger partial charge < -0.3 is 14.2 Å². The van der Waals surface area contributed by atoms with Crippen molar-refractivity contribution in [2.24, 2.45) is 0 Å². The maximum absolute atomic E-state index is 13.8. The van der Waals surface area contributed by atoms with Gasteiger partial charge in [-0.1, -0.05) is 24.3 Å². The SMILES string of the molecule is CCOc1ccc(/C=C2\Oc3cc(OC(=O)c4ccccc4F)ccc3C2=O)cc1. The number of rotatable bonds is 5. The number of fused-ring (bicyclic) bond motifs is 1. The zero-order valence-corrected chi connectivity index (χ0v) is 16.1. The van der Waals surface area contributed by atoms with Crippen LogP contribution in [0.25, 0.3) is 6.08 Å². The van der Waals surface area contributed by atoms with Gasteiger partial charge in [-0.15, -0.1) is 0 Å². The van der Waals surface area contributed by atoms with Crippen LogP contribution in [0.15, 0.2) is 72.5 Å². The van der Waals surface area contributed by atoms with E-state index in [1.807, 2.05) is 31.2 Å². The Balaban J connectivity index is 1.52. The first-order chi connectivity index (χ1) is 14.5. The van der Waals surface area contributed by atoms with E-state index in [9.17, 15) is 14.0 Å². The Kier molecular flexibility index (Phi) is 5.30. The highest BCUT2D eigenvalue weighted by atomic mass is 19.1. The van der Waals surface area contributed by atoms with Gasteiger partial charge in [-0.25, -0.2) is 9.18 Å². The Hall–Kier alpha value is -3.93. The molecule has 0 N–H and O–H groups in total. The van der Waals surface area contributed by atoms with Crippen LogP contribution in [-0.2, 0) is 0 Å². The Labute approximate surface area is 172 Å². The third-order valence-electron chi connectivity index (χ3n) is 4.43. The van der Waals surface area contributed by atoms with Crippen LogP contribution in [0.4, 0.5) is 4.39 Å². The molecule has 150 valence electrons. The summed E-state index contributed by atoms with van der Waals surface area (Å²) in [5.41, 5.74) is 0.963. The van der Waals surface area contributed by atoms with E-state index in [1.54, 1.807) is 12.1 Å². The van der Waals surface area contributed by atoms with E-state index < -0.39 is 11.8 Å². The number of ether oxygens (including phenoxy) is 3. The van der Waals surface area contributed by atoms with Crippen LogP contribution in [0.3, 0.4) is 0 Å². The fraction of sp³-hybridized carbons (Fsp3) is 0.0833. The number of hydrogen-bond donors (Lipinski definition) is 0. The maximum atomic E-state index is 13.8. The lowest BCUT2D eigenvalue weighted by Gasteiger charge is -2.06. The molecule has 3 aromatic carbocycles. The van der Waals surface area contributed by atoms with Crippen LogP contribution in [0, 0.1) is 5.82 Å². The molecule has 3 aromatic rings. The van der Waals surface area contributed by atoms with Gasteiger partial charge >= 0.3 is 5.97 Å². The van der Waals surface area contributed by atoms with Crippen LogP contribution in [-0.4, -0.2) is 18.4 Å². The number of hydrogen-bond acceptors (Lipinski definition) is 5. The highest BCUT2D eigenvalue weighted by Gasteiger charge is 2.28. The number of esters is 1. The summed E-state index contributed by atoms with van der Waals surface area (Å²) in [6.45, 7) is 2.47. The zero-order valence-electron chi connectivity index (χ0n) is 16.1. The summed E-state index contributed by atoms with van der Waals surface area (Å²) in [6.07, 6.45) is 1.63. The number of carbonyl (C=O) groups is 2. The minimum Gasteiger partial charge on any atom is -0.494 e. The second kappa shape index (κ2) is 8.21. The Bertz CT molecular complexity index is 1150. The maximum Gasteiger partial charge on any atom is 0.346 e. The molecule has 1 aliphatic rings. The van der Waals surface area contributed by atoms with Crippen molar-refractivity contribution in [2.45, 2.75) is 6.92 Å². The smallest absolute Gasteiger partial charge is 0.346 e. The molecule has 0 aromatic heterocycles. The molecule has 0 spiro atoms. The number of carbonyl (C=O) groups excluding carboxylic acids is 2. The average Bonchev–Trinajstić information content (AvgIpc) is 3.04. The molecule has 0 radical (unpaired) electrons. The van der Waals surface area contributed by atoms with Crippen LogP contribution >= 0.6 is 0 Å². The summed E-state index contributed by atoms with van der Waals surface area (Å²) in [4.78, 5) is 24.8. The van der Waals surface area contributed by atoms with Crippen LogP contribution in [0.1, 0.15) is 33.2 Å². The molecular formula is C24H17FO5. The lowest BCUT2D eigenvalue weighted by Crippen LogP contribution is -2.10. The molecule has 0 atom stereocenters. The number of Topliss-reactive ketones (excluding diaryl/α,β-unsaturated/α-hetero) is 1. The Morgan fingerprint density at radius 2 is 1.77 bits per heavy atom. The molecule has 0 bridgehead atoms. The van der Waals surface area contributed by atoms with Crippen molar-refractivity contribution in [3.05, 3.63) is 95.0 Å². The van der Waals surface area contributed by atoms with Crippen molar-refractivity contribution in [3.8, 4) is 17.2 Å². The van der Waals surface area contributed by atoms with Gasteiger partial charge in [0.2, 0.25) is 5.78 Å². The first kappa shape index (κ1) is 19.4. The van der Waals surface area contributed by atoms with E-state index in [0.717, 1.165) is 11.3 Å². The molecule has 1 heterocycles. The van der Waals surface area contributed by atoms with Crippen LogP contribution in [0.2, 0.25) is 0 Å². The molecule has 0 unspecified atom stereocenters. The summed E-state index contributed by atoms with van der Waals surface area (Å²) in [6, 6.07) is 17.2. The van der Waals surface area contributed by atoms with E-state index >= 15 is 0 Å². The molecule has 0 amide bonds. The third-order valence-corrected chi connectivity index (χ3v) is 4.43. The van der Waals surface area contributed by atoms with Gasteiger partial charge in [-0.05, 0) is 55.0 Å². The number of allylic oxidation sites excluding steroid dienone is 1. The second-order valence-corrected chi connectivity index (χ2v) is 6.47. The van der Waals surface area contributed by atoms with Crippen molar-refractivity contribution in [3.63, 3.8) is 0 Å². The molecule has 30 heavy (non-hydrogen) atoms. The van der Waals surface area contributed by atoms with Crippen LogP contribution < -0.4 is 14.2 Å². The largest absolute Gasteiger partial charge is 0.494 e. The summed E-state index contributed by atoms with van der Waals surface area (Å²) >= 11 is 0. The van der Waals surface area contributed by atoms with Gasteiger partial charge in [0, 0.05) is 6.07 Å². The first-order valence-corrected chi connectivity index (χ1v) is 9.33. The van der Waals surface area contributed by atoms with Gasteiger partial charge in [0.15, 0.2) is 5.76 Å². The first-order valence-electron chi connectivity index (χ1n) is 9.33. The molecule has 0 aliphatic carbocycles. The van der Waals surface area contributed by atoms with Gasteiger partial charge in [-0.3, -0.25) is 4.79 Å². The highest BCUT2D eigenvalue weighted by Crippen LogP contribution is 2.35. The van der Waals surface area contributed by atoms with Gasteiger partial charge in [0.05, 0.1) is 17.7 Å². The predicted molar refractivity (Wildman–Crippen MR) is 108 cm³/mol. The second-order valence-electron chi connectivity index (χ2n) is 6.47. The summed E-state index contributed by atoms with van der Waals surface area (Å²) < 4.78 is 30.1. The van der Waals surface area contributed by atoms with E-state index in [-0.39, 0.29) is 28.6 Å².